The van der Waals surface area contributed by atoms with Gasteiger partial charge in [-0.25, -0.2) is 14.8 Å². The molecule has 2 rings (SSSR count). The minimum absolute atomic E-state index is 0.000815. The van der Waals surface area contributed by atoms with Crippen molar-refractivity contribution in [3.8, 4) is 5.95 Å². The first-order valence-corrected chi connectivity index (χ1v) is 5.69. The maximum Gasteiger partial charge on any atom is 0.340 e. The van der Waals surface area contributed by atoms with Gasteiger partial charge in [0, 0.05) is 12.4 Å². The van der Waals surface area contributed by atoms with E-state index in [2.05, 4.69) is 15.1 Å². The number of carbonyl (C=O) groups is 1. The van der Waals surface area contributed by atoms with Gasteiger partial charge in [-0.3, -0.25) is 0 Å². The number of hydrogen-bond acceptors (Lipinski definition) is 4. The summed E-state index contributed by atoms with van der Waals surface area (Å²) < 4.78 is 1.24. The van der Waals surface area contributed by atoms with E-state index in [9.17, 15) is 9.90 Å². The Hall–Kier alpha value is -1.95. The molecule has 0 fully saturated rings. The van der Waals surface area contributed by atoms with Gasteiger partial charge in [0.1, 0.15) is 5.56 Å². The van der Waals surface area contributed by atoms with Crippen molar-refractivity contribution in [2.24, 2.45) is 0 Å². The van der Waals surface area contributed by atoms with E-state index in [0.29, 0.717) is 5.69 Å². The molecule has 1 N–H and O–H groups in total. The highest BCUT2D eigenvalue weighted by Gasteiger charge is 2.25. The second-order valence-electron chi connectivity index (χ2n) is 3.97. The first-order valence-electron chi connectivity index (χ1n) is 5.31. The lowest BCUT2D eigenvalue weighted by Crippen LogP contribution is -2.03. The van der Waals surface area contributed by atoms with Crippen molar-refractivity contribution in [3.05, 3.63) is 34.9 Å². The standard InChI is InChI=1S/C11H11ClN4O2/c1-6(2)8-7(10(17)18)9(12)16(15-8)11-13-4-3-5-14-11/h3-6H,1-2H3,(H,17,18). The van der Waals surface area contributed by atoms with E-state index in [1.165, 1.54) is 17.1 Å². The molecule has 0 saturated carbocycles. The normalized spacial score (nSPS) is 10.9. The molecule has 2 aromatic heterocycles. The topological polar surface area (TPSA) is 80.9 Å². The second-order valence-corrected chi connectivity index (χ2v) is 4.33. The molecule has 0 bridgehead atoms. The predicted molar refractivity (Wildman–Crippen MR) is 65.2 cm³/mol. The molecule has 2 aromatic rings. The van der Waals surface area contributed by atoms with Crippen molar-refractivity contribution >= 4 is 17.6 Å². The van der Waals surface area contributed by atoms with Crippen molar-refractivity contribution in [2.75, 3.05) is 0 Å². The summed E-state index contributed by atoms with van der Waals surface area (Å²) in [5, 5.41) is 13.4. The number of halogens is 1. The number of hydrogen-bond donors (Lipinski definition) is 1. The highest BCUT2D eigenvalue weighted by Crippen LogP contribution is 2.27. The highest BCUT2D eigenvalue weighted by molar-refractivity contribution is 6.32. The molecule has 18 heavy (non-hydrogen) atoms. The molecule has 0 radical (unpaired) electrons. The maximum atomic E-state index is 11.2. The first kappa shape index (κ1) is 12.5. The molecule has 94 valence electrons. The molecule has 0 aliphatic rings. The van der Waals surface area contributed by atoms with E-state index in [1.54, 1.807) is 6.07 Å². The van der Waals surface area contributed by atoms with Crippen molar-refractivity contribution in [3.63, 3.8) is 0 Å². The summed E-state index contributed by atoms with van der Waals surface area (Å²) in [6.45, 7) is 3.70. The summed E-state index contributed by atoms with van der Waals surface area (Å²) in [5.74, 6) is -0.915. The fourth-order valence-electron chi connectivity index (χ4n) is 1.55. The molecule has 0 aliphatic heterocycles. The van der Waals surface area contributed by atoms with Gasteiger partial charge in [0.2, 0.25) is 0 Å². The van der Waals surface area contributed by atoms with Crippen LogP contribution in [0.25, 0.3) is 5.95 Å². The Bertz CT molecular complexity index is 580. The predicted octanol–water partition coefficient (Wildman–Crippen LogP) is 2.14. The van der Waals surface area contributed by atoms with Gasteiger partial charge in [-0.05, 0) is 12.0 Å². The van der Waals surface area contributed by atoms with Gasteiger partial charge in [0.05, 0.1) is 5.69 Å². The lowest BCUT2D eigenvalue weighted by molar-refractivity contribution is 0.0695. The van der Waals surface area contributed by atoms with Crippen LogP contribution in [0.4, 0.5) is 0 Å². The maximum absolute atomic E-state index is 11.2. The molecular weight excluding hydrogens is 256 g/mol. The highest BCUT2D eigenvalue weighted by atomic mass is 35.5. The van der Waals surface area contributed by atoms with Gasteiger partial charge < -0.3 is 5.11 Å². The van der Waals surface area contributed by atoms with Crippen LogP contribution in [0.15, 0.2) is 18.5 Å². The summed E-state index contributed by atoms with van der Waals surface area (Å²) >= 11 is 6.04. The summed E-state index contributed by atoms with van der Waals surface area (Å²) in [7, 11) is 0. The Morgan fingerprint density at radius 2 is 2.00 bits per heavy atom. The van der Waals surface area contributed by atoms with Gasteiger partial charge in [-0.1, -0.05) is 25.4 Å². The third-order valence-electron chi connectivity index (χ3n) is 2.36. The lowest BCUT2D eigenvalue weighted by Gasteiger charge is -2.00. The first-order chi connectivity index (χ1) is 8.52. The van der Waals surface area contributed by atoms with Crippen molar-refractivity contribution in [1.29, 1.82) is 0 Å². The number of carboxylic acids is 1. The van der Waals surface area contributed by atoms with E-state index in [4.69, 9.17) is 11.6 Å². The molecule has 0 aromatic carbocycles. The molecule has 0 unspecified atom stereocenters. The van der Waals surface area contributed by atoms with Crippen LogP contribution in [0.1, 0.15) is 35.8 Å². The van der Waals surface area contributed by atoms with Crippen LogP contribution in [0.2, 0.25) is 5.15 Å². The van der Waals surface area contributed by atoms with Gasteiger partial charge in [-0.2, -0.15) is 9.78 Å². The largest absolute Gasteiger partial charge is 0.478 e. The summed E-state index contributed by atoms with van der Waals surface area (Å²) in [4.78, 5) is 19.2. The smallest absolute Gasteiger partial charge is 0.340 e. The fourth-order valence-corrected chi connectivity index (χ4v) is 1.84. The monoisotopic (exact) mass is 266 g/mol. The summed E-state index contributed by atoms with van der Waals surface area (Å²) in [5.41, 5.74) is 0.416. The molecule has 0 amide bonds. The Labute approximate surface area is 108 Å². The van der Waals surface area contributed by atoms with Crippen molar-refractivity contribution < 1.29 is 9.90 Å². The van der Waals surface area contributed by atoms with Crippen LogP contribution in [-0.4, -0.2) is 30.8 Å². The molecule has 7 heteroatoms. The Morgan fingerprint density at radius 3 is 2.44 bits per heavy atom. The third-order valence-corrected chi connectivity index (χ3v) is 2.71. The van der Waals surface area contributed by atoms with E-state index in [-0.39, 0.29) is 22.6 Å². The zero-order valence-corrected chi connectivity index (χ0v) is 10.6. The third kappa shape index (κ3) is 2.06. The van der Waals surface area contributed by atoms with E-state index < -0.39 is 5.97 Å². The Kier molecular flexibility index (Phi) is 3.29. The van der Waals surface area contributed by atoms with Gasteiger partial charge in [0.25, 0.3) is 5.95 Å². The lowest BCUT2D eigenvalue weighted by atomic mass is 10.1. The van der Waals surface area contributed by atoms with Gasteiger partial charge in [0.15, 0.2) is 5.15 Å². The molecule has 0 atom stereocenters. The van der Waals surface area contributed by atoms with Crippen LogP contribution in [0.5, 0.6) is 0 Å². The summed E-state index contributed by atoms with van der Waals surface area (Å²) in [6.07, 6.45) is 3.08. The number of aromatic carboxylic acids is 1. The quantitative estimate of drug-likeness (QED) is 0.920. The second kappa shape index (κ2) is 4.73. The minimum atomic E-state index is -1.11. The summed E-state index contributed by atoms with van der Waals surface area (Å²) in [6, 6.07) is 1.66. The Morgan fingerprint density at radius 1 is 1.39 bits per heavy atom. The number of nitrogens with zero attached hydrogens (tertiary/aromatic N) is 4. The Balaban J connectivity index is 2.64. The minimum Gasteiger partial charge on any atom is -0.478 e. The number of aromatic nitrogens is 4. The van der Waals surface area contributed by atoms with E-state index >= 15 is 0 Å². The molecular formula is C11H11ClN4O2. The molecule has 0 saturated heterocycles. The molecule has 6 nitrogen and oxygen atoms in total. The molecule has 0 spiro atoms. The van der Waals surface area contributed by atoms with Crippen LogP contribution < -0.4 is 0 Å². The average Bonchev–Trinajstić information content (AvgIpc) is 2.68. The van der Waals surface area contributed by atoms with Crippen LogP contribution >= 0.6 is 11.6 Å². The average molecular weight is 267 g/mol. The zero-order valence-electron chi connectivity index (χ0n) is 9.83. The fraction of sp³-hybridized carbons (Fsp3) is 0.273. The zero-order chi connectivity index (χ0) is 13.3. The van der Waals surface area contributed by atoms with Crippen LogP contribution in [-0.2, 0) is 0 Å². The molecule has 0 aliphatic carbocycles. The van der Waals surface area contributed by atoms with E-state index in [0.717, 1.165) is 0 Å². The number of rotatable bonds is 3. The van der Waals surface area contributed by atoms with Crippen LogP contribution in [0.3, 0.4) is 0 Å². The van der Waals surface area contributed by atoms with Crippen molar-refractivity contribution in [2.45, 2.75) is 19.8 Å². The van der Waals surface area contributed by atoms with Crippen molar-refractivity contribution in [1.82, 2.24) is 19.7 Å². The van der Waals surface area contributed by atoms with Crippen LogP contribution in [0, 0.1) is 0 Å². The van der Waals surface area contributed by atoms with Gasteiger partial charge in [-0.15, -0.1) is 0 Å². The van der Waals surface area contributed by atoms with E-state index in [1.807, 2.05) is 13.8 Å². The number of carboxylic acid groups (broad SMARTS) is 1. The van der Waals surface area contributed by atoms with Gasteiger partial charge >= 0.3 is 5.97 Å². The molecule has 2 heterocycles. The SMILES string of the molecule is CC(C)c1nn(-c2ncccn2)c(Cl)c1C(=O)O.